The van der Waals surface area contributed by atoms with Gasteiger partial charge in [0.1, 0.15) is 12.1 Å². The van der Waals surface area contributed by atoms with Crippen LogP contribution >= 0.6 is 11.3 Å². The van der Waals surface area contributed by atoms with Crippen LogP contribution in [0.2, 0.25) is 0 Å². The van der Waals surface area contributed by atoms with Gasteiger partial charge in [-0.15, -0.1) is 11.3 Å². The first kappa shape index (κ1) is 14.0. The van der Waals surface area contributed by atoms with Gasteiger partial charge in [0, 0.05) is 11.4 Å². The van der Waals surface area contributed by atoms with Crippen LogP contribution in [0.25, 0.3) is 0 Å². The summed E-state index contributed by atoms with van der Waals surface area (Å²) in [6.07, 6.45) is 1.32. The normalized spacial score (nSPS) is 25.1. The van der Waals surface area contributed by atoms with E-state index in [-0.39, 0.29) is 5.91 Å². The summed E-state index contributed by atoms with van der Waals surface area (Å²) in [4.78, 5) is 25.8. The fraction of sp³-hybridized carbons (Fsp3) is 0.538. The zero-order chi connectivity index (χ0) is 14.0. The van der Waals surface area contributed by atoms with Crippen molar-refractivity contribution in [3.63, 3.8) is 0 Å². The van der Waals surface area contributed by atoms with Crippen molar-refractivity contribution >= 4 is 23.2 Å². The van der Waals surface area contributed by atoms with Gasteiger partial charge in [0.05, 0.1) is 0 Å². The lowest BCUT2D eigenvalue weighted by atomic mass is 9.92. The standard InChI is InChI=1S/C13H18N2O3S/c1-8-4-5-15(9(7-8)13(17)18)12(16)11(14)10-3-2-6-19-10/h2-3,6,8-9,11H,4-5,7,14H2,1H3,(H,17,18). The van der Waals surface area contributed by atoms with Gasteiger partial charge in [-0.05, 0) is 30.2 Å². The van der Waals surface area contributed by atoms with Gasteiger partial charge in [-0.1, -0.05) is 13.0 Å². The van der Waals surface area contributed by atoms with E-state index in [1.54, 1.807) is 6.07 Å². The quantitative estimate of drug-likeness (QED) is 0.879. The number of carboxylic acids is 1. The first-order valence-corrected chi connectivity index (χ1v) is 7.21. The Morgan fingerprint density at radius 1 is 1.58 bits per heavy atom. The second-order valence-corrected chi connectivity index (χ2v) is 5.99. The molecule has 1 fully saturated rings. The number of carbonyl (C=O) groups excluding carboxylic acids is 1. The summed E-state index contributed by atoms with van der Waals surface area (Å²) < 4.78 is 0. The smallest absolute Gasteiger partial charge is 0.326 e. The number of carboxylic acid groups (broad SMARTS) is 1. The van der Waals surface area contributed by atoms with Crippen LogP contribution in [0.5, 0.6) is 0 Å². The average molecular weight is 282 g/mol. The van der Waals surface area contributed by atoms with Crippen LogP contribution in [0.3, 0.4) is 0 Å². The van der Waals surface area contributed by atoms with Crippen molar-refractivity contribution in [1.82, 2.24) is 4.90 Å². The Hall–Kier alpha value is -1.40. The molecule has 2 heterocycles. The van der Waals surface area contributed by atoms with Gasteiger partial charge in [0.25, 0.3) is 0 Å². The topological polar surface area (TPSA) is 83.6 Å². The van der Waals surface area contributed by atoms with Crippen LogP contribution in [-0.2, 0) is 9.59 Å². The zero-order valence-corrected chi connectivity index (χ0v) is 11.6. The largest absolute Gasteiger partial charge is 0.480 e. The number of hydrogen-bond donors (Lipinski definition) is 2. The Morgan fingerprint density at radius 3 is 2.89 bits per heavy atom. The van der Waals surface area contributed by atoms with Gasteiger partial charge in [-0.2, -0.15) is 0 Å². The molecule has 3 N–H and O–H groups in total. The monoisotopic (exact) mass is 282 g/mol. The molecule has 0 bridgehead atoms. The molecule has 0 radical (unpaired) electrons. The summed E-state index contributed by atoms with van der Waals surface area (Å²) >= 11 is 1.41. The average Bonchev–Trinajstić information content (AvgIpc) is 2.90. The van der Waals surface area contributed by atoms with E-state index < -0.39 is 18.1 Å². The van der Waals surface area contributed by atoms with Gasteiger partial charge < -0.3 is 15.7 Å². The van der Waals surface area contributed by atoms with Crippen molar-refractivity contribution in [3.8, 4) is 0 Å². The second kappa shape index (κ2) is 5.71. The highest BCUT2D eigenvalue weighted by atomic mass is 32.1. The highest BCUT2D eigenvalue weighted by molar-refractivity contribution is 7.10. The molecular weight excluding hydrogens is 264 g/mol. The molecule has 1 amide bonds. The zero-order valence-electron chi connectivity index (χ0n) is 10.8. The molecule has 104 valence electrons. The molecular formula is C13H18N2O3S. The van der Waals surface area contributed by atoms with E-state index in [9.17, 15) is 14.7 Å². The Balaban J connectivity index is 2.14. The fourth-order valence-corrected chi connectivity index (χ4v) is 3.13. The SMILES string of the molecule is CC1CCN(C(=O)C(N)c2cccs2)C(C(=O)O)C1. The first-order valence-electron chi connectivity index (χ1n) is 6.33. The third kappa shape index (κ3) is 2.96. The van der Waals surface area contributed by atoms with E-state index in [1.807, 2.05) is 18.4 Å². The minimum Gasteiger partial charge on any atom is -0.480 e. The van der Waals surface area contributed by atoms with Crippen molar-refractivity contribution in [2.75, 3.05) is 6.54 Å². The van der Waals surface area contributed by atoms with Gasteiger partial charge >= 0.3 is 5.97 Å². The predicted octanol–water partition coefficient (Wildman–Crippen LogP) is 1.46. The number of likely N-dealkylation sites (tertiary alicyclic amines) is 1. The summed E-state index contributed by atoms with van der Waals surface area (Å²) in [7, 11) is 0. The van der Waals surface area contributed by atoms with Crippen molar-refractivity contribution in [1.29, 1.82) is 0 Å². The molecule has 1 aromatic heterocycles. The number of thiophene rings is 1. The number of aliphatic carboxylic acids is 1. The van der Waals surface area contributed by atoms with Crippen LogP contribution in [0.4, 0.5) is 0 Å². The Labute approximate surface area is 116 Å². The number of hydrogen-bond acceptors (Lipinski definition) is 4. The van der Waals surface area contributed by atoms with E-state index in [0.717, 1.165) is 11.3 Å². The summed E-state index contributed by atoms with van der Waals surface area (Å²) in [5.74, 6) is -0.914. The van der Waals surface area contributed by atoms with Crippen LogP contribution in [-0.4, -0.2) is 34.5 Å². The molecule has 0 aliphatic carbocycles. The van der Waals surface area contributed by atoms with E-state index in [2.05, 4.69) is 0 Å². The number of amides is 1. The van der Waals surface area contributed by atoms with Crippen LogP contribution in [0, 0.1) is 5.92 Å². The summed E-state index contributed by atoms with van der Waals surface area (Å²) in [5, 5.41) is 11.1. The summed E-state index contributed by atoms with van der Waals surface area (Å²) in [6, 6.07) is 2.13. The molecule has 1 saturated heterocycles. The van der Waals surface area contributed by atoms with Gasteiger partial charge in [-0.25, -0.2) is 4.79 Å². The van der Waals surface area contributed by atoms with E-state index in [0.29, 0.717) is 18.9 Å². The second-order valence-electron chi connectivity index (χ2n) is 5.01. The molecule has 1 aliphatic heterocycles. The predicted molar refractivity (Wildman–Crippen MR) is 72.8 cm³/mol. The van der Waals surface area contributed by atoms with Gasteiger partial charge in [-0.3, -0.25) is 4.79 Å². The molecule has 6 heteroatoms. The van der Waals surface area contributed by atoms with Crippen LogP contribution in [0.15, 0.2) is 17.5 Å². The Bertz CT molecular complexity index is 460. The summed E-state index contributed by atoms with van der Waals surface area (Å²) in [5.41, 5.74) is 5.94. The molecule has 3 atom stereocenters. The number of piperidine rings is 1. The van der Waals surface area contributed by atoms with Crippen LogP contribution < -0.4 is 5.73 Å². The summed E-state index contributed by atoms with van der Waals surface area (Å²) in [6.45, 7) is 2.48. The van der Waals surface area contributed by atoms with Crippen molar-refractivity contribution < 1.29 is 14.7 Å². The highest BCUT2D eigenvalue weighted by Crippen LogP contribution is 2.26. The van der Waals surface area contributed by atoms with E-state index in [4.69, 9.17) is 5.73 Å². The molecule has 0 spiro atoms. The molecule has 0 aromatic carbocycles. The molecule has 5 nitrogen and oxygen atoms in total. The first-order chi connectivity index (χ1) is 9.00. The maximum absolute atomic E-state index is 12.4. The lowest BCUT2D eigenvalue weighted by molar-refractivity contribution is -0.153. The third-order valence-electron chi connectivity index (χ3n) is 3.55. The Kier molecular flexibility index (Phi) is 4.21. The van der Waals surface area contributed by atoms with Crippen molar-refractivity contribution in [3.05, 3.63) is 22.4 Å². The van der Waals surface area contributed by atoms with Crippen molar-refractivity contribution in [2.24, 2.45) is 11.7 Å². The molecule has 3 unspecified atom stereocenters. The van der Waals surface area contributed by atoms with E-state index >= 15 is 0 Å². The minimum absolute atomic E-state index is 0.290. The van der Waals surface area contributed by atoms with Gasteiger partial charge in [0.2, 0.25) is 5.91 Å². The number of carbonyl (C=O) groups is 2. The molecule has 0 saturated carbocycles. The minimum atomic E-state index is -0.946. The number of nitrogens with zero attached hydrogens (tertiary/aromatic N) is 1. The lowest BCUT2D eigenvalue weighted by Crippen LogP contribution is -2.52. The van der Waals surface area contributed by atoms with E-state index in [1.165, 1.54) is 16.2 Å². The fourth-order valence-electron chi connectivity index (χ4n) is 2.41. The molecule has 19 heavy (non-hydrogen) atoms. The third-order valence-corrected chi connectivity index (χ3v) is 4.50. The highest BCUT2D eigenvalue weighted by Gasteiger charge is 2.37. The molecule has 1 aliphatic rings. The van der Waals surface area contributed by atoms with Crippen molar-refractivity contribution in [2.45, 2.75) is 31.8 Å². The molecule has 1 aromatic rings. The lowest BCUT2D eigenvalue weighted by Gasteiger charge is -2.37. The Morgan fingerprint density at radius 2 is 2.32 bits per heavy atom. The number of rotatable bonds is 3. The van der Waals surface area contributed by atoms with Crippen LogP contribution in [0.1, 0.15) is 30.7 Å². The maximum Gasteiger partial charge on any atom is 0.326 e. The maximum atomic E-state index is 12.4. The van der Waals surface area contributed by atoms with Gasteiger partial charge in [0.15, 0.2) is 0 Å². The number of nitrogens with two attached hydrogens (primary N) is 1. The molecule has 2 rings (SSSR count).